The molecule has 1 heterocycles. The molecule has 1 atom stereocenters. The lowest BCUT2D eigenvalue weighted by molar-refractivity contribution is 0.614. The van der Waals surface area contributed by atoms with E-state index in [4.69, 9.17) is 0 Å². The van der Waals surface area contributed by atoms with Gasteiger partial charge in [-0.15, -0.1) is 0 Å². The van der Waals surface area contributed by atoms with Crippen LogP contribution in [0.25, 0.3) is 0 Å². The van der Waals surface area contributed by atoms with Crippen molar-refractivity contribution in [1.82, 2.24) is 14.9 Å². The van der Waals surface area contributed by atoms with E-state index in [0.717, 1.165) is 12.2 Å². The fourth-order valence-electron chi connectivity index (χ4n) is 2.23. The Bertz CT molecular complexity index is 528. The quantitative estimate of drug-likeness (QED) is 0.895. The number of aryl methyl sites for hydroxylation is 3. The Morgan fingerprint density at radius 2 is 2.11 bits per heavy atom. The van der Waals surface area contributed by atoms with E-state index in [1.54, 1.807) is 0 Å². The van der Waals surface area contributed by atoms with Gasteiger partial charge in [-0.1, -0.05) is 30.7 Å². The van der Waals surface area contributed by atoms with Crippen LogP contribution in [0.2, 0.25) is 0 Å². The first kappa shape index (κ1) is 12.8. The normalized spacial score (nSPS) is 12.7. The van der Waals surface area contributed by atoms with Crippen LogP contribution in [0.15, 0.2) is 30.7 Å². The maximum absolute atomic E-state index is 4.48. The highest BCUT2D eigenvalue weighted by Crippen LogP contribution is 2.24. The van der Waals surface area contributed by atoms with Crippen molar-refractivity contribution in [1.29, 1.82) is 0 Å². The van der Waals surface area contributed by atoms with Gasteiger partial charge in [-0.3, -0.25) is 0 Å². The molecule has 0 bridgehead atoms. The van der Waals surface area contributed by atoms with E-state index in [1.807, 2.05) is 17.9 Å². The van der Waals surface area contributed by atoms with Crippen molar-refractivity contribution in [3.63, 3.8) is 0 Å². The topological polar surface area (TPSA) is 29.9 Å². The van der Waals surface area contributed by atoms with Crippen LogP contribution in [-0.4, -0.2) is 16.1 Å². The Morgan fingerprint density at radius 1 is 1.33 bits per heavy atom. The first-order valence-corrected chi connectivity index (χ1v) is 6.40. The van der Waals surface area contributed by atoms with Crippen LogP contribution < -0.4 is 5.32 Å². The highest BCUT2D eigenvalue weighted by molar-refractivity contribution is 5.36. The molecule has 0 saturated heterocycles. The third kappa shape index (κ3) is 2.62. The third-order valence-electron chi connectivity index (χ3n) is 3.17. The van der Waals surface area contributed by atoms with Crippen molar-refractivity contribution in [3.8, 4) is 0 Å². The molecule has 2 aromatic rings. The van der Waals surface area contributed by atoms with Crippen LogP contribution in [0.1, 0.15) is 35.3 Å². The molecule has 0 aliphatic rings. The zero-order chi connectivity index (χ0) is 13.1. The first-order valence-electron chi connectivity index (χ1n) is 6.40. The maximum Gasteiger partial charge on any atom is 0.0947 e. The molecule has 0 aliphatic carbocycles. The molecule has 0 aliphatic heterocycles. The predicted molar refractivity (Wildman–Crippen MR) is 74.6 cm³/mol. The summed E-state index contributed by atoms with van der Waals surface area (Å²) < 4.78 is 1.99. The molecule has 0 amide bonds. The Balaban J connectivity index is 2.44. The fourth-order valence-corrected chi connectivity index (χ4v) is 2.23. The summed E-state index contributed by atoms with van der Waals surface area (Å²) in [5.74, 6) is 0. The summed E-state index contributed by atoms with van der Waals surface area (Å²) in [6, 6.07) is 6.76. The second-order valence-corrected chi connectivity index (χ2v) is 4.81. The first-order chi connectivity index (χ1) is 8.61. The summed E-state index contributed by atoms with van der Waals surface area (Å²) in [7, 11) is 2.00. The smallest absolute Gasteiger partial charge is 0.0947 e. The second-order valence-electron chi connectivity index (χ2n) is 4.81. The van der Waals surface area contributed by atoms with E-state index >= 15 is 0 Å². The van der Waals surface area contributed by atoms with Gasteiger partial charge in [0.2, 0.25) is 0 Å². The van der Waals surface area contributed by atoms with Crippen LogP contribution >= 0.6 is 0 Å². The van der Waals surface area contributed by atoms with Crippen molar-refractivity contribution in [2.75, 3.05) is 6.54 Å². The van der Waals surface area contributed by atoms with E-state index in [-0.39, 0.29) is 6.04 Å². The molecule has 1 aromatic carbocycles. The van der Waals surface area contributed by atoms with Crippen molar-refractivity contribution in [2.45, 2.75) is 26.8 Å². The molecule has 3 heteroatoms. The molecule has 18 heavy (non-hydrogen) atoms. The van der Waals surface area contributed by atoms with E-state index < -0.39 is 0 Å². The molecule has 0 saturated carbocycles. The SMILES string of the molecule is CCNC(c1cn(C)cn1)c1cc(C)ccc1C. The Morgan fingerprint density at radius 3 is 2.72 bits per heavy atom. The molecule has 1 unspecified atom stereocenters. The van der Waals surface area contributed by atoms with Gasteiger partial charge in [0.15, 0.2) is 0 Å². The summed E-state index contributed by atoms with van der Waals surface area (Å²) in [5, 5.41) is 3.52. The summed E-state index contributed by atoms with van der Waals surface area (Å²) in [5.41, 5.74) is 4.98. The number of benzene rings is 1. The van der Waals surface area contributed by atoms with Crippen molar-refractivity contribution in [3.05, 3.63) is 53.1 Å². The molecule has 1 N–H and O–H groups in total. The van der Waals surface area contributed by atoms with Gasteiger partial charge >= 0.3 is 0 Å². The Hall–Kier alpha value is -1.61. The molecule has 96 valence electrons. The van der Waals surface area contributed by atoms with Crippen LogP contribution in [-0.2, 0) is 7.05 Å². The zero-order valence-corrected chi connectivity index (χ0v) is 11.6. The molecule has 1 aromatic heterocycles. The summed E-state index contributed by atoms with van der Waals surface area (Å²) in [6.07, 6.45) is 3.93. The summed E-state index contributed by atoms with van der Waals surface area (Å²) >= 11 is 0. The molecule has 0 radical (unpaired) electrons. The lowest BCUT2D eigenvalue weighted by Gasteiger charge is -2.19. The molecule has 0 spiro atoms. The van der Waals surface area contributed by atoms with Gasteiger partial charge < -0.3 is 9.88 Å². The van der Waals surface area contributed by atoms with E-state index in [9.17, 15) is 0 Å². The lowest BCUT2D eigenvalue weighted by Crippen LogP contribution is -2.23. The average molecular weight is 243 g/mol. The van der Waals surface area contributed by atoms with Crippen LogP contribution in [0, 0.1) is 13.8 Å². The minimum Gasteiger partial charge on any atom is -0.340 e. The third-order valence-corrected chi connectivity index (χ3v) is 3.17. The molecular formula is C15H21N3. The molecular weight excluding hydrogens is 222 g/mol. The number of rotatable bonds is 4. The molecule has 3 nitrogen and oxygen atoms in total. The number of nitrogens with one attached hydrogen (secondary N) is 1. The number of aromatic nitrogens is 2. The summed E-state index contributed by atoms with van der Waals surface area (Å²) in [4.78, 5) is 4.48. The minimum absolute atomic E-state index is 0.177. The van der Waals surface area contributed by atoms with E-state index in [0.29, 0.717) is 0 Å². The van der Waals surface area contributed by atoms with Gasteiger partial charge in [0.05, 0.1) is 18.1 Å². The maximum atomic E-state index is 4.48. The van der Waals surface area contributed by atoms with Gasteiger partial charge in [-0.25, -0.2) is 4.98 Å². The Labute approximate surface area is 109 Å². The lowest BCUT2D eigenvalue weighted by atomic mass is 9.97. The van der Waals surface area contributed by atoms with Gasteiger partial charge in [-0.05, 0) is 31.5 Å². The Kier molecular flexibility index (Phi) is 3.82. The van der Waals surface area contributed by atoms with Gasteiger partial charge in [0.25, 0.3) is 0 Å². The zero-order valence-electron chi connectivity index (χ0n) is 11.6. The summed E-state index contributed by atoms with van der Waals surface area (Å²) in [6.45, 7) is 7.34. The highest BCUT2D eigenvalue weighted by Gasteiger charge is 2.17. The van der Waals surface area contributed by atoms with Crippen LogP contribution in [0.5, 0.6) is 0 Å². The highest BCUT2D eigenvalue weighted by atomic mass is 15.0. The van der Waals surface area contributed by atoms with Crippen molar-refractivity contribution < 1.29 is 0 Å². The van der Waals surface area contributed by atoms with E-state index in [1.165, 1.54) is 16.7 Å². The van der Waals surface area contributed by atoms with E-state index in [2.05, 4.69) is 55.5 Å². The van der Waals surface area contributed by atoms with Crippen LogP contribution in [0.3, 0.4) is 0 Å². The van der Waals surface area contributed by atoms with Crippen molar-refractivity contribution in [2.24, 2.45) is 7.05 Å². The monoisotopic (exact) mass is 243 g/mol. The van der Waals surface area contributed by atoms with Gasteiger partial charge in [0, 0.05) is 13.2 Å². The largest absolute Gasteiger partial charge is 0.340 e. The van der Waals surface area contributed by atoms with Crippen LogP contribution in [0.4, 0.5) is 0 Å². The van der Waals surface area contributed by atoms with Gasteiger partial charge in [-0.2, -0.15) is 0 Å². The second kappa shape index (κ2) is 5.36. The predicted octanol–water partition coefficient (Wildman–Crippen LogP) is 2.74. The van der Waals surface area contributed by atoms with Gasteiger partial charge in [0.1, 0.15) is 0 Å². The number of hydrogen-bond donors (Lipinski definition) is 1. The number of nitrogens with zero attached hydrogens (tertiary/aromatic N) is 2. The standard InChI is InChI=1S/C15H21N3/c1-5-16-15(14-9-18(4)10-17-14)13-8-11(2)6-7-12(13)3/h6-10,15-16H,5H2,1-4H3. The molecule has 2 rings (SSSR count). The molecule has 0 fully saturated rings. The van der Waals surface area contributed by atoms with Crippen molar-refractivity contribution >= 4 is 0 Å². The number of imidazole rings is 1. The minimum atomic E-state index is 0.177. The number of hydrogen-bond acceptors (Lipinski definition) is 2. The average Bonchev–Trinajstić information content (AvgIpc) is 2.76. The fraction of sp³-hybridized carbons (Fsp3) is 0.400.